The molecule has 0 saturated heterocycles. The zero-order valence-electron chi connectivity index (χ0n) is 12.7. The van der Waals surface area contributed by atoms with Crippen LogP contribution in [0.2, 0.25) is 5.02 Å². The molecule has 4 nitrogen and oxygen atoms in total. The minimum atomic E-state index is -0.180. The molecule has 1 aliphatic rings. The Morgan fingerprint density at radius 2 is 1.95 bits per heavy atom. The predicted molar refractivity (Wildman–Crippen MR) is 84.4 cm³/mol. The van der Waals surface area contributed by atoms with E-state index in [0.29, 0.717) is 22.6 Å². The van der Waals surface area contributed by atoms with Crippen molar-refractivity contribution in [2.24, 2.45) is 0 Å². The van der Waals surface area contributed by atoms with Crippen molar-refractivity contribution in [1.29, 1.82) is 0 Å². The molecule has 0 amide bonds. The van der Waals surface area contributed by atoms with Gasteiger partial charge in [0.25, 0.3) is 0 Å². The third-order valence-corrected chi connectivity index (χ3v) is 4.50. The van der Waals surface area contributed by atoms with E-state index < -0.39 is 0 Å². The number of halogens is 1. The van der Waals surface area contributed by atoms with Gasteiger partial charge in [-0.1, -0.05) is 36.9 Å². The van der Waals surface area contributed by atoms with Crippen molar-refractivity contribution in [2.75, 3.05) is 20.8 Å². The number of aliphatic hydroxyl groups is 1. The van der Waals surface area contributed by atoms with Gasteiger partial charge in [-0.05, 0) is 24.5 Å². The molecule has 0 aromatic heterocycles. The van der Waals surface area contributed by atoms with Crippen LogP contribution < -0.4 is 14.8 Å². The van der Waals surface area contributed by atoms with Gasteiger partial charge in [0.2, 0.25) is 0 Å². The number of aliphatic hydroxyl groups excluding tert-OH is 1. The molecule has 118 valence electrons. The Bertz CT molecular complexity index is 461. The zero-order valence-corrected chi connectivity index (χ0v) is 13.4. The maximum absolute atomic E-state index is 9.73. The van der Waals surface area contributed by atoms with Gasteiger partial charge in [0.05, 0.1) is 31.9 Å². The second kappa shape index (κ2) is 7.87. The Labute approximate surface area is 131 Å². The van der Waals surface area contributed by atoms with E-state index in [9.17, 15) is 5.11 Å². The summed E-state index contributed by atoms with van der Waals surface area (Å²) < 4.78 is 10.6. The van der Waals surface area contributed by atoms with Crippen molar-refractivity contribution in [3.05, 3.63) is 22.7 Å². The molecule has 1 aliphatic carbocycles. The average Bonchev–Trinajstić information content (AvgIpc) is 2.53. The molecule has 0 bridgehead atoms. The fourth-order valence-corrected chi connectivity index (χ4v) is 3.33. The highest BCUT2D eigenvalue weighted by Gasteiger charge is 2.23. The van der Waals surface area contributed by atoms with Crippen LogP contribution in [0.15, 0.2) is 12.1 Å². The maximum Gasteiger partial charge on any atom is 0.179 e. The molecule has 21 heavy (non-hydrogen) atoms. The molecular formula is C16H24ClNO3. The Kier molecular flexibility index (Phi) is 6.15. The van der Waals surface area contributed by atoms with Gasteiger partial charge in [-0.3, -0.25) is 0 Å². The molecule has 1 fully saturated rings. The second-order valence-corrected chi connectivity index (χ2v) is 5.82. The Balaban J connectivity index is 2.20. The lowest BCUT2D eigenvalue weighted by molar-refractivity contribution is 0.220. The smallest absolute Gasteiger partial charge is 0.179 e. The second-order valence-electron chi connectivity index (χ2n) is 5.44. The van der Waals surface area contributed by atoms with Crippen molar-refractivity contribution in [3.63, 3.8) is 0 Å². The van der Waals surface area contributed by atoms with Crippen LogP contribution in [0.1, 0.15) is 43.7 Å². The summed E-state index contributed by atoms with van der Waals surface area (Å²) in [7, 11) is 3.15. The summed E-state index contributed by atoms with van der Waals surface area (Å²) in [5, 5.41) is 13.8. The quantitative estimate of drug-likeness (QED) is 0.846. The van der Waals surface area contributed by atoms with E-state index in [1.807, 2.05) is 12.1 Å². The van der Waals surface area contributed by atoms with Crippen LogP contribution in [0.4, 0.5) is 0 Å². The molecule has 2 rings (SSSR count). The molecule has 1 atom stereocenters. The van der Waals surface area contributed by atoms with Crippen molar-refractivity contribution >= 4 is 11.6 Å². The lowest BCUT2D eigenvalue weighted by Gasteiger charge is -2.28. The van der Waals surface area contributed by atoms with Crippen LogP contribution in [-0.2, 0) is 0 Å². The van der Waals surface area contributed by atoms with Crippen molar-refractivity contribution in [2.45, 2.75) is 44.2 Å². The van der Waals surface area contributed by atoms with Gasteiger partial charge < -0.3 is 19.9 Å². The summed E-state index contributed by atoms with van der Waals surface area (Å²) in [6.07, 6.45) is 6.10. The number of ether oxygens (including phenoxy) is 2. The molecule has 0 spiro atoms. The van der Waals surface area contributed by atoms with Crippen LogP contribution >= 0.6 is 11.6 Å². The van der Waals surface area contributed by atoms with E-state index in [0.717, 1.165) is 18.4 Å². The molecule has 0 radical (unpaired) electrons. The average molecular weight is 314 g/mol. The highest BCUT2D eigenvalue weighted by Crippen LogP contribution is 2.39. The first-order valence-electron chi connectivity index (χ1n) is 7.48. The zero-order chi connectivity index (χ0) is 15.2. The SMILES string of the molecule is COc1ccc(C(CO)NC2CCCCC2)c(Cl)c1OC. The largest absolute Gasteiger partial charge is 0.493 e. The van der Waals surface area contributed by atoms with Gasteiger partial charge in [-0.15, -0.1) is 0 Å². The number of rotatable bonds is 6. The van der Waals surface area contributed by atoms with Crippen LogP contribution in [0.5, 0.6) is 11.5 Å². The van der Waals surface area contributed by atoms with E-state index in [1.54, 1.807) is 14.2 Å². The number of benzene rings is 1. The summed E-state index contributed by atoms with van der Waals surface area (Å²) in [4.78, 5) is 0. The molecule has 5 heteroatoms. The monoisotopic (exact) mass is 313 g/mol. The first kappa shape index (κ1) is 16.4. The summed E-state index contributed by atoms with van der Waals surface area (Å²) in [6.45, 7) is 0.00566. The third-order valence-electron chi connectivity index (χ3n) is 4.11. The minimum absolute atomic E-state index is 0.00566. The van der Waals surface area contributed by atoms with E-state index in [2.05, 4.69) is 5.32 Å². The topological polar surface area (TPSA) is 50.7 Å². The van der Waals surface area contributed by atoms with E-state index in [1.165, 1.54) is 19.3 Å². The first-order chi connectivity index (χ1) is 10.2. The highest BCUT2D eigenvalue weighted by molar-refractivity contribution is 6.33. The van der Waals surface area contributed by atoms with E-state index in [4.69, 9.17) is 21.1 Å². The third kappa shape index (κ3) is 3.82. The summed E-state index contributed by atoms with van der Waals surface area (Å²) in [5.41, 5.74) is 0.849. The van der Waals surface area contributed by atoms with E-state index >= 15 is 0 Å². The van der Waals surface area contributed by atoms with Crippen LogP contribution in [0.3, 0.4) is 0 Å². The van der Waals surface area contributed by atoms with Crippen molar-refractivity contribution < 1.29 is 14.6 Å². The predicted octanol–water partition coefficient (Wildman–Crippen LogP) is 3.31. The fourth-order valence-electron chi connectivity index (χ4n) is 2.97. The molecule has 0 aliphatic heterocycles. The Hall–Kier alpha value is -0.970. The summed E-state index contributed by atoms with van der Waals surface area (Å²) in [6, 6.07) is 3.98. The standard InChI is InChI=1S/C16H24ClNO3/c1-20-14-9-8-12(15(17)16(14)21-2)13(10-19)18-11-6-4-3-5-7-11/h8-9,11,13,18-19H,3-7,10H2,1-2H3. The number of hydrogen-bond acceptors (Lipinski definition) is 4. The van der Waals surface area contributed by atoms with E-state index in [-0.39, 0.29) is 12.6 Å². The molecule has 1 aromatic carbocycles. The Morgan fingerprint density at radius 3 is 2.52 bits per heavy atom. The molecule has 0 heterocycles. The van der Waals surface area contributed by atoms with Gasteiger partial charge in [-0.2, -0.15) is 0 Å². The normalized spacial score (nSPS) is 17.5. The summed E-state index contributed by atoms with van der Waals surface area (Å²) >= 11 is 6.43. The first-order valence-corrected chi connectivity index (χ1v) is 7.86. The lowest BCUT2D eigenvalue weighted by atomic mass is 9.94. The molecule has 2 N–H and O–H groups in total. The fraction of sp³-hybridized carbons (Fsp3) is 0.625. The maximum atomic E-state index is 9.73. The van der Waals surface area contributed by atoms with Gasteiger partial charge in [0.15, 0.2) is 11.5 Å². The molecule has 1 unspecified atom stereocenters. The molecule has 1 aromatic rings. The van der Waals surface area contributed by atoms with Crippen LogP contribution in [-0.4, -0.2) is 32.0 Å². The van der Waals surface area contributed by atoms with Gasteiger partial charge in [0.1, 0.15) is 0 Å². The lowest BCUT2D eigenvalue weighted by Crippen LogP contribution is -2.36. The van der Waals surface area contributed by atoms with Gasteiger partial charge in [-0.25, -0.2) is 0 Å². The summed E-state index contributed by atoms with van der Waals surface area (Å²) in [5.74, 6) is 1.11. The minimum Gasteiger partial charge on any atom is -0.493 e. The van der Waals surface area contributed by atoms with Crippen molar-refractivity contribution in [3.8, 4) is 11.5 Å². The van der Waals surface area contributed by atoms with Gasteiger partial charge >= 0.3 is 0 Å². The van der Waals surface area contributed by atoms with Gasteiger partial charge in [0, 0.05) is 6.04 Å². The molecular weight excluding hydrogens is 290 g/mol. The van der Waals surface area contributed by atoms with Crippen LogP contribution in [0, 0.1) is 0 Å². The highest BCUT2D eigenvalue weighted by atomic mass is 35.5. The number of nitrogens with one attached hydrogen (secondary N) is 1. The Morgan fingerprint density at radius 1 is 1.24 bits per heavy atom. The number of hydrogen-bond donors (Lipinski definition) is 2. The number of methoxy groups -OCH3 is 2. The van der Waals surface area contributed by atoms with Crippen LogP contribution in [0.25, 0.3) is 0 Å². The van der Waals surface area contributed by atoms with Crippen molar-refractivity contribution in [1.82, 2.24) is 5.32 Å². The molecule has 1 saturated carbocycles.